The Kier molecular flexibility index (Phi) is 2.24. The van der Waals surface area contributed by atoms with Crippen LogP contribution in [-0.4, -0.2) is 6.04 Å². The molecule has 4 aliphatic rings. The van der Waals surface area contributed by atoms with Crippen molar-refractivity contribution in [1.29, 1.82) is 0 Å². The minimum Gasteiger partial charge on any atom is -0.328 e. The highest BCUT2D eigenvalue weighted by Gasteiger charge is 2.40. The Balaban J connectivity index is 1.77. The van der Waals surface area contributed by atoms with Crippen molar-refractivity contribution in [2.75, 3.05) is 0 Å². The van der Waals surface area contributed by atoms with Crippen LogP contribution in [0.4, 0.5) is 0 Å². The number of hydrogen-bond acceptors (Lipinski definition) is 1. The molecule has 1 fully saturated rings. The molecule has 0 saturated heterocycles. The van der Waals surface area contributed by atoms with Crippen molar-refractivity contribution in [3.8, 4) is 0 Å². The summed E-state index contributed by atoms with van der Waals surface area (Å²) in [7, 11) is 0. The van der Waals surface area contributed by atoms with Crippen LogP contribution in [0.25, 0.3) is 0 Å². The molecule has 1 atom stereocenters. The van der Waals surface area contributed by atoms with E-state index in [9.17, 15) is 0 Å². The van der Waals surface area contributed by atoms with Crippen LogP contribution in [0, 0.1) is 11.3 Å². The summed E-state index contributed by atoms with van der Waals surface area (Å²) in [4.78, 5) is 0. The topological polar surface area (TPSA) is 26.0 Å². The average Bonchev–Trinajstić information content (AvgIpc) is 2.32. The van der Waals surface area contributed by atoms with Gasteiger partial charge in [0.2, 0.25) is 0 Å². The maximum absolute atomic E-state index is 5.99. The van der Waals surface area contributed by atoms with Crippen LogP contribution < -0.4 is 5.73 Å². The minimum atomic E-state index is 0.486. The second-order valence-electron chi connectivity index (χ2n) is 5.66. The summed E-state index contributed by atoms with van der Waals surface area (Å²) < 4.78 is 0. The zero-order chi connectivity index (χ0) is 10.3. The molecule has 0 aromatic carbocycles. The van der Waals surface area contributed by atoms with Gasteiger partial charge in [0.25, 0.3) is 0 Å². The summed E-state index contributed by atoms with van der Waals surface area (Å²) >= 11 is 0. The lowest BCUT2D eigenvalue weighted by atomic mass is 9.59. The lowest BCUT2D eigenvalue weighted by Gasteiger charge is -2.46. The molecule has 0 amide bonds. The fourth-order valence-corrected chi connectivity index (χ4v) is 3.68. The number of rotatable bonds is 1. The lowest BCUT2D eigenvalue weighted by molar-refractivity contribution is 0.142. The Bertz CT molecular complexity index is 307. The molecule has 0 heterocycles. The van der Waals surface area contributed by atoms with Gasteiger partial charge in [0.15, 0.2) is 0 Å². The second-order valence-corrected chi connectivity index (χ2v) is 5.66. The van der Waals surface area contributed by atoms with Crippen molar-refractivity contribution in [2.45, 2.75) is 51.0 Å². The van der Waals surface area contributed by atoms with Crippen LogP contribution >= 0.6 is 0 Å². The van der Waals surface area contributed by atoms with Crippen LogP contribution in [0.2, 0.25) is 0 Å². The molecule has 1 unspecified atom stereocenters. The second kappa shape index (κ2) is 3.48. The molecule has 0 aromatic rings. The van der Waals surface area contributed by atoms with Gasteiger partial charge in [-0.3, -0.25) is 0 Å². The van der Waals surface area contributed by atoms with Gasteiger partial charge in [-0.25, -0.2) is 0 Å². The number of hydrogen-bond donors (Lipinski definition) is 1. The summed E-state index contributed by atoms with van der Waals surface area (Å²) in [5.41, 5.74) is 8.09. The smallest absolute Gasteiger partial charge is 0.00390 e. The Labute approximate surface area is 92.4 Å². The summed E-state index contributed by atoms with van der Waals surface area (Å²) in [6, 6.07) is 0.486. The molecule has 2 N–H and O–H groups in total. The van der Waals surface area contributed by atoms with Crippen LogP contribution in [0.1, 0.15) is 44.9 Å². The number of fused-ring (bicyclic) bond motifs is 2. The molecule has 2 bridgehead atoms. The first-order valence-electron chi connectivity index (χ1n) is 6.42. The van der Waals surface area contributed by atoms with Gasteiger partial charge in [0.05, 0.1) is 0 Å². The normalized spacial score (nSPS) is 44.2. The van der Waals surface area contributed by atoms with Gasteiger partial charge in [-0.05, 0) is 56.3 Å². The molecule has 0 aliphatic heterocycles. The monoisotopic (exact) mass is 203 g/mol. The van der Waals surface area contributed by atoms with E-state index < -0.39 is 0 Å². The van der Waals surface area contributed by atoms with E-state index in [0.717, 1.165) is 5.92 Å². The van der Waals surface area contributed by atoms with Crippen LogP contribution in [0.15, 0.2) is 23.8 Å². The Morgan fingerprint density at radius 1 is 1.20 bits per heavy atom. The zero-order valence-electron chi connectivity index (χ0n) is 9.41. The zero-order valence-corrected chi connectivity index (χ0v) is 9.41. The first kappa shape index (κ1) is 9.65. The van der Waals surface area contributed by atoms with Gasteiger partial charge in [-0.1, -0.05) is 23.8 Å². The van der Waals surface area contributed by atoms with Crippen LogP contribution in [0.3, 0.4) is 0 Å². The maximum atomic E-state index is 5.99. The van der Waals surface area contributed by atoms with E-state index in [-0.39, 0.29) is 0 Å². The van der Waals surface area contributed by atoms with Gasteiger partial charge in [-0.15, -0.1) is 0 Å². The molecular weight excluding hydrogens is 182 g/mol. The van der Waals surface area contributed by atoms with Gasteiger partial charge in [0, 0.05) is 6.04 Å². The van der Waals surface area contributed by atoms with Gasteiger partial charge >= 0.3 is 0 Å². The van der Waals surface area contributed by atoms with E-state index in [0.29, 0.717) is 11.5 Å². The highest BCUT2D eigenvalue weighted by molar-refractivity contribution is 5.32. The first-order valence-corrected chi connectivity index (χ1v) is 6.42. The summed E-state index contributed by atoms with van der Waals surface area (Å²) in [5, 5.41) is 0. The molecular formula is C14H21N. The van der Waals surface area contributed by atoms with E-state index in [1.165, 1.54) is 44.9 Å². The SMILES string of the molecule is NC1CCC(C23C=CC(=CC2)CC3)CC1. The van der Waals surface area contributed by atoms with E-state index in [4.69, 9.17) is 5.73 Å². The van der Waals surface area contributed by atoms with Gasteiger partial charge < -0.3 is 5.73 Å². The Hall–Kier alpha value is -0.560. The fraction of sp³-hybridized carbons (Fsp3) is 0.714. The predicted molar refractivity (Wildman–Crippen MR) is 63.4 cm³/mol. The standard InChI is InChI=1S/C14H21N/c15-13-3-1-12(2-4-13)14-8-5-11(6-9-14)7-10-14/h5-6,8,12-13H,1-4,7,9-10,15H2. The highest BCUT2D eigenvalue weighted by Crippen LogP contribution is 2.51. The molecule has 1 saturated carbocycles. The van der Waals surface area contributed by atoms with Gasteiger partial charge in [0.1, 0.15) is 0 Å². The lowest BCUT2D eigenvalue weighted by Crippen LogP contribution is -2.37. The quantitative estimate of drug-likeness (QED) is 0.696. The van der Waals surface area contributed by atoms with Crippen molar-refractivity contribution in [2.24, 2.45) is 17.1 Å². The maximum Gasteiger partial charge on any atom is 0.00390 e. The average molecular weight is 203 g/mol. The largest absolute Gasteiger partial charge is 0.328 e. The van der Waals surface area contributed by atoms with E-state index in [2.05, 4.69) is 18.2 Å². The highest BCUT2D eigenvalue weighted by atomic mass is 14.6. The van der Waals surface area contributed by atoms with Gasteiger partial charge in [-0.2, -0.15) is 0 Å². The third kappa shape index (κ3) is 1.57. The van der Waals surface area contributed by atoms with Crippen molar-refractivity contribution in [3.63, 3.8) is 0 Å². The molecule has 0 aromatic heterocycles. The molecule has 15 heavy (non-hydrogen) atoms. The fourth-order valence-electron chi connectivity index (χ4n) is 3.68. The first-order chi connectivity index (χ1) is 7.28. The molecule has 82 valence electrons. The molecule has 1 nitrogen and oxygen atoms in total. The molecule has 4 rings (SSSR count). The summed E-state index contributed by atoms with van der Waals surface area (Å²) in [6.45, 7) is 0. The van der Waals surface area contributed by atoms with Crippen LogP contribution in [-0.2, 0) is 0 Å². The summed E-state index contributed by atoms with van der Waals surface area (Å²) in [6.07, 6.45) is 16.6. The van der Waals surface area contributed by atoms with E-state index >= 15 is 0 Å². The van der Waals surface area contributed by atoms with Crippen LogP contribution in [0.5, 0.6) is 0 Å². The molecule has 0 spiro atoms. The Morgan fingerprint density at radius 3 is 2.53 bits per heavy atom. The Morgan fingerprint density at radius 2 is 2.00 bits per heavy atom. The van der Waals surface area contributed by atoms with E-state index in [1.807, 2.05) is 0 Å². The van der Waals surface area contributed by atoms with Crippen molar-refractivity contribution < 1.29 is 0 Å². The predicted octanol–water partition coefficient (Wildman–Crippen LogP) is 3.17. The number of nitrogens with two attached hydrogens (primary N) is 1. The third-order valence-corrected chi connectivity index (χ3v) is 4.84. The van der Waals surface area contributed by atoms with Crippen molar-refractivity contribution in [1.82, 2.24) is 0 Å². The van der Waals surface area contributed by atoms with Crippen molar-refractivity contribution in [3.05, 3.63) is 23.8 Å². The molecule has 0 radical (unpaired) electrons. The van der Waals surface area contributed by atoms with E-state index in [1.54, 1.807) is 5.57 Å². The third-order valence-electron chi connectivity index (χ3n) is 4.84. The molecule has 4 aliphatic carbocycles. The summed E-state index contributed by atoms with van der Waals surface area (Å²) in [5.74, 6) is 0.909. The minimum absolute atomic E-state index is 0.486. The molecule has 1 heteroatoms. The number of allylic oxidation sites excluding steroid dienone is 4. The van der Waals surface area contributed by atoms with Crippen molar-refractivity contribution >= 4 is 0 Å².